The zero-order valence-electron chi connectivity index (χ0n) is 11.7. The Balaban J connectivity index is 1.71. The van der Waals surface area contributed by atoms with Crippen LogP contribution in [0, 0.1) is 0 Å². The lowest BCUT2D eigenvalue weighted by Crippen LogP contribution is -2.48. The molecule has 0 radical (unpaired) electrons. The third-order valence-electron chi connectivity index (χ3n) is 4.44. The van der Waals surface area contributed by atoms with E-state index in [9.17, 15) is 4.79 Å². The van der Waals surface area contributed by atoms with Crippen LogP contribution in [0.4, 0.5) is 0 Å². The number of hydrogen-bond acceptors (Lipinski definition) is 2. The van der Waals surface area contributed by atoms with Gasteiger partial charge in [0.15, 0.2) is 0 Å². The van der Waals surface area contributed by atoms with Crippen LogP contribution in [0.3, 0.4) is 0 Å². The Morgan fingerprint density at radius 2 is 1.39 bits per heavy atom. The van der Waals surface area contributed by atoms with Crippen LogP contribution in [0.25, 0.3) is 0 Å². The van der Waals surface area contributed by atoms with Crippen molar-refractivity contribution in [3.63, 3.8) is 0 Å². The number of hydrogen-bond donors (Lipinski definition) is 2. The SMILES string of the molecule is CC(NC1CCCCCC1)C(=O)NC1CCCC1. The highest BCUT2D eigenvalue weighted by Crippen LogP contribution is 2.19. The first-order valence-electron chi connectivity index (χ1n) is 7.82. The molecule has 0 bridgehead atoms. The van der Waals surface area contributed by atoms with Gasteiger partial charge in [-0.2, -0.15) is 0 Å². The minimum absolute atomic E-state index is 0.0336. The van der Waals surface area contributed by atoms with Crippen molar-refractivity contribution in [1.82, 2.24) is 10.6 Å². The maximum atomic E-state index is 12.1. The molecule has 0 saturated heterocycles. The highest BCUT2D eigenvalue weighted by Gasteiger charge is 2.22. The molecule has 3 nitrogen and oxygen atoms in total. The summed E-state index contributed by atoms with van der Waals surface area (Å²) in [5.74, 6) is 0.200. The summed E-state index contributed by atoms with van der Waals surface area (Å²) < 4.78 is 0. The van der Waals surface area contributed by atoms with E-state index in [0.717, 1.165) is 0 Å². The van der Waals surface area contributed by atoms with Gasteiger partial charge < -0.3 is 10.6 Å². The molecule has 1 unspecified atom stereocenters. The van der Waals surface area contributed by atoms with Gasteiger partial charge in [0.2, 0.25) is 5.91 Å². The fourth-order valence-corrected chi connectivity index (χ4v) is 3.27. The number of nitrogens with one attached hydrogen (secondary N) is 2. The predicted octanol–water partition coefficient (Wildman–Crippen LogP) is 2.75. The third-order valence-corrected chi connectivity index (χ3v) is 4.44. The van der Waals surface area contributed by atoms with E-state index in [1.807, 2.05) is 6.92 Å². The van der Waals surface area contributed by atoms with E-state index in [0.29, 0.717) is 12.1 Å². The third kappa shape index (κ3) is 4.27. The molecule has 3 heteroatoms. The van der Waals surface area contributed by atoms with E-state index >= 15 is 0 Å². The van der Waals surface area contributed by atoms with Crippen molar-refractivity contribution in [2.45, 2.75) is 89.3 Å². The first kappa shape index (κ1) is 13.9. The van der Waals surface area contributed by atoms with Gasteiger partial charge in [-0.3, -0.25) is 4.79 Å². The lowest BCUT2D eigenvalue weighted by atomic mass is 10.1. The molecule has 1 atom stereocenters. The average Bonchev–Trinajstić information content (AvgIpc) is 2.72. The Kier molecular flexibility index (Phi) is 5.48. The molecule has 2 aliphatic rings. The molecule has 2 aliphatic carbocycles. The van der Waals surface area contributed by atoms with E-state index in [-0.39, 0.29) is 11.9 Å². The fraction of sp³-hybridized carbons (Fsp3) is 0.933. The van der Waals surface area contributed by atoms with Gasteiger partial charge in [-0.25, -0.2) is 0 Å². The second-order valence-corrected chi connectivity index (χ2v) is 6.07. The highest BCUT2D eigenvalue weighted by molar-refractivity contribution is 5.81. The molecule has 0 aromatic carbocycles. The lowest BCUT2D eigenvalue weighted by Gasteiger charge is -2.23. The number of carbonyl (C=O) groups excluding carboxylic acids is 1. The molecule has 2 rings (SSSR count). The molecule has 0 aromatic heterocycles. The Hall–Kier alpha value is -0.570. The van der Waals surface area contributed by atoms with Gasteiger partial charge in [0.25, 0.3) is 0 Å². The van der Waals surface area contributed by atoms with Crippen LogP contribution in [0.1, 0.15) is 71.1 Å². The van der Waals surface area contributed by atoms with Crippen LogP contribution >= 0.6 is 0 Å². The highest BCUT2D eigenvalue weighted by atomic mass is 16.2. The summed E-state index contributed by atoms with van der Waals surface area (Å²) >= 11 is 0. The van der Waals surface area contributed by atoms with Crippen LogP contribution in [0.2, 0.25) is 0 Å². The van der Waals surface area contributed by atoms with E-state index in [2.05, 4.69) is 10.6 Å². The van der Waals surface area contributed by atoms with Crippen LogP contribution in [0.5, 0.6) is 0 Å². The Bertz CT molecular complexity index is 253. The van der Waals surface area contributed by atoms with Gasteiger partial charge in [0, 0.05) is 12.1 Å². The van der Waals surface area contributed by atoms with Crippen LogP contribution in [-0.4, -0.2) is 24.0 Å². The molecule has 2 N–H and O–H groups in total. The summed E-state index contributed by atoms with van der Waals surface area (Å²) in [7, 11) is 0. The topological polar surface area (TPSA) is 41.1 Å². The van der Waals surface area contributed by atoms with Crippen LogP contribution in [-0.2, 0) is 4.79 Å². The number of amides is 1. The molecular weight excluding hydrogens is 224 g/mol. The summed E-state index contributed by atoms with van der Waals surface area (Å²) in [5.41, 5.74) is 0. The molecule has 0 aliphatic heterocycles. The molecule has 0 aromatic rings. The second kappa shape index (κ2) is 7.13. The summed E-state index contributed by atoms with van der Waals surface area (Å²) in [6.45, 7) is 2.01. The maximum Gasteiger partial charge on any atom is 0.237 e. The minimum atomic E-state index is -0.0336. The average molecular weight is 252 g/mol. The first-order chi connectivity index (χ1) is 8.75. The monoisotopic (exact) mass is 252 g/mol. The lowest BCUT2D eigenvalue weighted by molar-refractivity contribution is -0.123. The van der Waals surface area contributed by atoms with Gasteiger partial charge in [-0.05, 0) is 32.6 Å². The quantitative estimate of drug-likeness (QED) is 0.755. The van der Waals surface area contributed by atoms with Crippen molar-refractivity contribution >= 4 is 5.91 Å². The summed E-state index contributed by atoms with van der Waals surface area (Å²) in [6.07, 6.45) is 12.7. The van der Waals surface area contributed by atoms with Crippen molar-refractivity contribution in [1.29, 1.82) is 0 Å². The second-order valence-electron chi connectivity index (χ2n) is 6.07. The van der Waals surface area contributed by atoms with Crippen molar-refractivity contribution < 1.29 is 4.79 Å². The molecule has 104 valence electrons. The zero-order valence-corrected chi connectivity index (χ0v) is 11.7. The van der Waals surface area contributed by atoms with Crippen LogP contribution < -0.4 is 10.6 Å². The van der Waals surface area contributed by atoms with E-state index in [1.54, 1.807) is 0 Å². The number of carbonyl (C=O) groups is 1. The Morgan fingerprint density at radius 1 is 0.889 bits per heavy atom. The molecular formula is C15H28N2O. The normalized spacial score (nSPS) is 24.7. The van der Waals surface area contributed by atoms with Crippen molar-refractivity contribution in [2.75, 3.05) is 0 Å². The van der Waals surface area contributed by atoms with Gasteiger partial charge in [-0.15, -0.1) is 0 Å². The largest absolute Gasteiger partial charge is 0.352 e. The standard InChI is InChI=1S/C15H28N2O/c1-12(15(18)17-14-10-6-7-11-14)16-13-8-4-2-3-5-9-13/h12-14,16H,2-11H2,1H3,(H,17,18). The molecule has 0 heterocycles. The summed E-state index contributed by atoms with van der Waals surface area (Å²) in [6, 6.07) is 0.960. The number of rotatable bonds is 4. The Morgan fingerprint density at radius 3 is 2.00 bits per heavy atom. The zero-order chi connectivity index (χ0) is 12.8. The summed E-state index contributed by atoms with van der Waals surface area (Å²) in [4.78, 5) is 12.1. The maximum absolute atomic E-state index is 12.1. The molecule has 2 fully saturated rings. The van der Waals surface area contributed by atoms with Gasteiger partial charge in [0.05, 0.1) is 6.04 Å². The van der Waals surface area contributed by atoms with Crippen molar-refractivity contribution in [3.05, 3.63) is 0 Å². The molecule has 0 spiro atoms. The van der Waals surface area contributed by atoms with Crippen molar-refractivity contribution in [3.8, 4) is 0 Å². The van der Waals surface area contributed by atoms with E-state index in [1.165, 1.54) is 64.2 Å². The fourth-order valence-electron chi connectivity index (χ4n) is 3.27. The smallest absolute Gasteiger partial charge is 0.237 e. The minimum Gasteiger partial charge on any atom is -0.352 e. The van der Waals surface area contributed by atoms with Crippen molar-refractivity contribution in [2.24, 2.45) is 0 Å². The van der Waals surface area contributed by atoms with Crippen LogP contribution in [0.15, 0.2) is 0 Å². The Labute approximate surface area is 111 Å². The molecule has 1 amide bonds. The van der Waals surface area contributed by atoms with E-state index in [4.69, 9.17) is 0 Å². The van der Waals surface area contributed by atoms with Gasteiger partial charge in [-0.1, -0.05) is 38.5 Å². The molecule has 18 heavy (non-hydrogen) atoms. The summed E-state index contributed by atoms with van der Waals surface area (Å²) in [5, 5.41) is 6.70. The van der Waals surface area contributed by atoms with Gasteiger partial charge in [0.1, 0.15) is 0 Å². The first-order valence-corrected chi connectivity index (χ1v) is 7.82. The van der Waals surface area contributed by atoms with E-state index < -0.39 is 0 Å². The predicted molar refractivity (Wildman–Crippen MR) is 74.5 cm³/mol. The van der Waals surface area contributed by atoms with Gasteiger partial charge >= 0.3 is 0 Å². The molecule has 2 saturated carbocycles.